The van der Waals surface area contributed by atoms with E-state index >= 15 is 0 Å². The number of rotatable bonds is 5. The van der Waals surface area contributed by atoms with Crippen molar-refractivity contribution < 1.29 is 4.79 Å². The van der Waals surface area contributed by atoms with Crippen LogP contribution in [0.5, 0.6) is 0 Å². The Kier molecular flexibility index (Phi) is 6.81. The number of nitrogens with one attached hydrogen (secondary N) is 1. The van der Waals surface area contributed by atoms with Crippen molar-refractivity contribution in [1.82, 2.24) is 19.7 Å². The second-order valence-corrected chi connectivity index (χ2v) is 11.9. The van der Waals surface area contributed by atoms with Crippen LogP contribution in [0.1, 0.15) is 31.9 Å². The van der Waals surface area contributed by atoms with Gasteiger partial charge in [0, 0.05) is 37.3 Å². The molecule has 1 amide bonds. The van der Waals surface area contributed by atoms with Gasteiger partial charge in [0.1, 0.15) is 4.32 Å². The fourth-order valence-electron chi connectivity index (χ4n) is 3.97. The molecule has 4 heterocycles. The Morgan fingerprint density at radius 2 is 2.20 bits per heavy atom. The molecule has 0 spiro atoms. The number of carbonyl (C=O) groups is 1. The van der Waals surface area contributed by atoms with Gasteiger partial charge in [-0.1, -0.05) is 60.1 Å². The Morgan fingerprint density at radius 1 is 1.37 bits per heavy atom. The van der Waals surface area contributed by atoms with E-state index in [4.69, 9.17) is 12.2 Å². The monoisotopic (exact) mass is 481 g/mol. The topological polar surface area (TPSA) is 80.1 Å². The summed E-state index contributed by atoms with van der Waals surface area (Å²) in [4.78, 5) is 27.0. The molecule has 2 aliphatic heterocycles. The first-order chi connectivity index (χ1) is 14.4. The first kappa shape index (κ1) is 21.8. The van der Waals surface area contributed by atoms with E-state index in [-0.39, 0.29) is 16.7 Å². The molecule has 160 valence electrons. The number of nitrogens with zero attached hydrogens (tertiary/aromatic N) is 4. The molecule has 0 saturated carbocycles. The number of hydrogen-bond donors (Lipinski definition) is 1. The zero-order valence-electron chi connectivity index (χ0n) is 16.7. The van der Waals surface area contributed by atoms with Crippen LogP contribution in [0.25, 0.3) is 0 Å². The lowest BCUT2D eigenvalue weighted by atomic mass is 9.83. The van der Waals surface area contributed by atoms with E-state index in [1.54, 1.807) is 17.8 Å². The SMILES string of the molecule is CCSc1nnc(NC(=O)[C@@H](C)SC(=S)N2C[C@H]3C[C@@H](C2)c2cccc(=O)n2C3)s1. The van der Waals surface area contributed by atoms with Gasteiger partial charge in [-0.25, -0.2) is 0 Å². The summed E-state index contributed by atoms with van der Waals surface area (Å²) in [6.45, 7) is 6.25. The highest BCUT2D eigenvalue weighted by Gasteiger charge is 2.36. The summed E-state index contributed by atoms with van der Waals surface area (Å²) in [6.07, 6.45) is 1.08. The van der Waals surface area contributed by atoms with Crippen molar-refractivity contribution in [3.63, 3.8) is 0 Å². The van der Waals surface area contributed by atoms with E-state index in [9.17, 15) is 9.59 Å². The quantitative estimate of drug-likeness (QED) is 0.396. The van der Waals surface area contributed by atoms with Crippen LogP contribution in [0, 0.1) is 5.92 Å². The normalized spacial score (nSPS) is 21.1. The summed E-state index contributed by atoms with van der Waals surface area (Å²) >= 11 is 10.1. The molecule has 1 N–H and O–H groups in total. The third-order valence-electron chi connectivity index (χ3n) is 5.29. The van der Waals surface area contributed by atoms with Crippen molar-refractivity contribution in [3.8, 4) is 0 Å². The molecule has 7 nitrogen and oxygen atoms in total. The van der Waals surface area contributed by atoms with E-state index in [0.29, 0.717) is 17.0 Å². The van der Waals surface area contributed by atoms with Gasteiger partial charge in [-0.3, -0.25) is 14.9 Å². The molecule has 0 aliphatic carbocycles. The number of thiocarbonyl (C=S) groups is 1. The average molecular weight is 482 g/mol. The highest BCUT2D eigenvalue weighted by Crippen LogP contribution is 2.36. The van der Waals surface area contributed by atoms with Gasteiger partial charge in [-0.2, -0.15) is 0 Å². The van der Waals surface area contributed by atoms with Crippen LogP contribution < -0.4 is 10.9 Å². The van der Waals surface area contributed by atoms with Crippen molar-refractivity contribution in [2.24, 2.45) is 5.92 Å². The molecule has 30 heavy (non-hydrogen) atoms. The summed E-state index contributed by atoms with van der Waals surface area (Å²) in [5.74, 6) is 1.49. The first-order valence-electron chi connectivity index (χ1n) is 9.87. The number of piperidine rings is 1. The number of carbonyl (C=O) groups excluding carboxylic acids is 1. The molecule has 1 fully saturated rings. The number of pyridine rings is 1. The maximum absolute atomic E-state index is 12.6. The van der Waals surface area contributed by atoms with Gasteiger partial charge >= 0.3 is 0 Å². The van der Waals surface area contributed by atoms with Gasteiger partial charge < -0.3 is 9.47 Å². The second kappa shape index (κ2) is 9.37. The molecule has 2 aliphatic rings. The summed E-state index contributed by atoms with van der Waals surface area (Å²) in [5, 5.41) is 11.1. The number of fused-ring (bicyclic) bond motifs is 4. The van der Waals surface area contributed by atoms with Crippen LogP contribution in [0.4, 0.5) is 5.13 Å². The van der Waals surface area contributed by atoms with Gasteiger partial charge in [-0.15, -0.1) is 10.2 Å². The maximum atomic E-state index is 12.6. The molecule has 11 heteroatoms. The number of aromatic nitrogens is 3. The van der Waals surface area contributed by atoms with E-state index in [1.165, 1.54) is 23.1 Å². The molecular weight excluding hydrogens is 459 g/mol. The molecule has 2 aromatic rings. The van der Waals surface area contributed by atoms with Crippen molar-refractivity contribution in [2.75, 3.05) is 24.2 Å². The Bertz CT molecular complexity index is 1010. The third kappa shape index (κ3) is 4.74. The Balaban J connectivity index is 1.36. The van der Waals surface area contributed by atoms with Crippen LogP contribution in [-0.4, -0.2) is 54.0 Å². The predicted octanol–water partition coefficient (Wildman–Crippen LogP) is 3.28. The van der Waals surface area contributed by atoms with E-state index in [0.717, 1.165) is 46.2 Å². The fraction of sp³-hybridized carbons (Fsp3) is 0.526. The lowest BCUT2D eigenvalue weighted by molar-refractivity contribution is -0.115. The minimum Gasteiger partial charge on any atom is -0.356 e. The predicted molar refractivity (Wildman–Crippen MR) is 128 cm³/mol. The van der Waals surface area contributed by atoms with Crippen molar-refractivity contribution >= 4 is 62.4 Å². The number of anilines is 1. The summed E-state index contributed by atoms with van der Waals surface area (Å²) in [5.41, 5.74) is 1.18. The zero-order valence-corrected chi connectivity index (χ0v) is 20.0. The van der Waals surface area contributed by atoms with Gasteiger partial charge in [0.15, 0.2) is 4.34 Å². The second-order valence-electron chi connectivity index (χ2n) is 7.42. The number of likely N-dealkylation sites (tertiary alicyclic amines) is 1. The van der Waals surface area contributed by atoms with Crippen molar-refractivity contribution in [1.29, 1.82) is 0 Å². The highest BCUT2D eigenvalue weighted by atomic mass is 32.2. The van der Waals surface area contributed by atoms with E-state index in [2.05, 4.69) is 27.3 Å². The van der Waals surface area contributed by atoms with Crippen LogP contribution in [0.2, 0.25) is 0 Å². The minimum atomic E-state index is -0.333. The molecule has 4 rings (SSSR count). The Hall–Kier alpha value is -1.43. The minimum absolute atomic E-state index is 0.0788. The molecule has 0 aromatic carbocycles. The number of thioether (sulfide) groups is 2. The first-order valence-corrected chi connectivity index (χ1v) is 13.0. The van der Waals surface area contributed by atoms with Crippen LogP contribution in [0.15, 0.2) is 27.3 Å². The zero-order chi connectivity index (χ0) is 21.3. The summed E-state index contributed by atoms with van der Waals surface area (Å²) in [6, 6.07) is 5.51. The molecule has 3 atom stereocenters. The van der Waals surface area contributed by atoms with Gasteiger partial charge in [0.05, 0.1) is 5.25 Å². The van der Waals surface area contributed by atoms with Gasteiger partial charge in [-0.05, 0) is 31.1 Å². The Labute approximate surface area is 193 Å². The molecule has 0 unspecified atom stereocenters. The fourth-order valence-corrected chi connectivity index (χ4v) is 6.97. The number of hydrogen-bond acceptors (Lipinski definition) is 8. The van der Waals surface area contributed by atoms with E-state index in [1.807, 2.05) is 23.6 Å². The van der Waals surface area contributed by atoms with Crippen molar-refractivity contribution in [3.05, 3.63) is 34.2 Å². The summed E-state index contributed by atoms with van der Waals surface area (Å²) < 4.78 is 3.50. The maximum Gasteiger partial charge on any atom is 0.250 e. The largest absolute Gasteiger partial charge is 0.356 e. The third-order valence-corrected chi connectivity index (χ3v) is 8.72. The lowest BCUT2D eigenvalue weighted by Gasteiger charge is -2.43. The summed E-state index contributed by atoms with van der Waals surface area (Å²) in [7, 11) is 0. The molecule has 1 saturated heterocycles. The van der Waals surface area contributed by atoms with Gasteiger partial charge in [0.2, 0.25) is 11.0 Å². The van der Waals surface area contributed by atoms with Crippen LogP contribution in [-0.2, 0) is 11.3 Å². The standard InChI is InChI=1S/C19H23N5O2S4/c1-3-28-18-22-21-17(30-18)20-16(26)11(2)29-19(27)23-8-12-7-13(10-23)14-5-4-6-15(25)24(14)9-12/h4-6,11-13H,3,7-10H2,1-2H3,(H,20,21,26)/t11-,12-,13+/m1/s1. The smallest absolute Gasteiger partial charge is 0.250 e. The van der Waals surface area contributed by atoms with Crippen LogP contribution in [0.3, 0.4) is 0 Å². The average Bonchev–Trinajstić information content (AvgIpc) is 3.15. The number of amides is 1. The molecular formula is C19H23N5O2S4. The van der Waals surface area contributed by atoms with Crippen molar-refractivity contribution in [2.45, 2.75) is 42.3 Å². The van der Waals surface area contributed by atoms with Crippen LogP contribution >= 0.6 is 47.1 Å². The lowest BCUT2D eigenvalue weighted by Crippen LogP contribution is -2.48. The molecule has 0 radical (unpaired) electrons. The van der Waals surface area contributed by atoms with Gasteiger partial charge in [0.25, 0.3) is 5.56 Å². The van der Waals surface area contributed by atoms with E-state index < -0.39 is 0 Å². The Morgan fingerprint density at radius 3 is 3.00 bits per heavy atom. The highest BCUT2D eigenvalue weighted by molar-refractivity contribution is 8.23. The molecule has 2 bridgehead atoms. The molecule has 2 aromatic heterocycles.